The number of nitrogens with one attached hydrogen (secondary N) is 2. The molecule has 8 heteroatoms. The molecule has 0 aliphatic rings. The maximum atomic E-state index is 12.9. The first kappa shape index (κ1) is 26.2. The van der Waals surface area contributed by atoms with Gasteiger partial charge in [0.2, 0.25) is 17.7 Å². The molecule has 0 saturated heterocycles. The van der Waals surface area contributed by atoms with E-state index in [4.69, 9.17) is 10.5 Å². The minimum atomic E-state index is -0.998. The van der Waals surface area contributed by atoms with Gasteiger partial charge in [-0.15, -0.1) is 0 Å². The fourth-order valence-electron chi connectivity index (χ4n) is 3.00. The van der Waals surface area contributed by atoms with Gasteiger partial charge in [0.15, 0.2) is 0 Å². The van der Waals surface area contributed by atoms with Crippen molar-refractivity contribution in [3.05, 3.63) is 90.8 Å². The van der Waals surface area contributed by atoms with Gasteiger partial charge in [0.25, 0.3) is 0 Å². The van der Waals surface area contributed by atoms with Crippen LogP contribution in [-0.2, 0) is 27.3 Å². The van der Waals surface area contributed by atoms with Gasteiger partial charge in [-0.2, -0.15) is 0 Å². The first-order valence-corrected chi connectivity index (χ1v) is 10.8. The van der Waals surface area contributed by atoms with Gasteiger partial charge >= 0.3 is 0 Å². The number of allylic oxidation sites excluding steroid dienone is 1. The van der Waals surface area contributed by atoms with Gasteiger partial charge in [-0.05, 0) is 42.7 Å². The number of benzene rings is 2. The lowest BCUT2D eigenvalue weighted by atomic mass is 10.0. The number of hydrogen-bond acceptors (Lipinski definition) is 6. The summed E-state index contributed by atoms with van der Waals surface area (Å²) in [5, 5.41) is 5.51. The fraction of sp³-hybridized carbons (Fsp3) is 0.231. The molecule has 4 N–H and O–H groups in total. The van der Waals surface area contributed by atoms with Gasteiger partial charge in [-0.25, -0.2) is 4.99 Å². The molecule has 8 nitrogen and oxygen atoms in total. The number of rotatable bonds is 14. The van der Waals surface area contributed by atoms with Crippen LogP contribution in [0.4, 0.5) is 0 Å². The largest absolute Gasteiger partial charge is 0.440 e. The van der Waals surface area contributed by atoms with Gasteiger partial charge in [-0.3, -0.25) is 9.59 Å². The highest BCUT2D eigenvalue weighted by Gasteiger charge is 2.23. The summed E-state index contributed by atoms with van der Waals surface area (Å²) in [5.41, 5.74) is 7.60. The number of nitrogens with two attached hydrogens (primary N) is 1. The van der Waals surface area contributed by atoms with Gasteiger partial charge < -0.3 is 25.9 Å². The van der Waals surface area contributed by atoms with Crippen LogP contribution in [0.15, 0.2) is 84.7 Å². The van der Waals surface area contributed by atoms with E-state index in [-0.39, 0.29) is 24.8 Å². The molecule has 0 bridgehead atoms. The van der Waals surface area contributed by atoms with Crippen LogP contribution < -0.4 is 21.1 Å². The van der Waals surface area contributed by atoms with Crippen molar-refractivity contribution in [3.63, 3.8) is 0 Å². The van der Waals surface area contributed by atoms with Crippen LogP contribution in [0.3, 0.4) is 0 Å². The van der Waals surface area contributed by atoms with Crippen molar-refractivity contribution in [3.8, 4) is 5.75 Å². The third kappa shape index (κ3) is 9.22. The normalized spacial score (nSPS) is 12.4. The highest BCUT2D eigenvalue weighted by atomic mass is 16.5. The van der Waals surface area contributed by atoms with Crippen LogP contribution in [0.1, 0.15) is 24.0 Å². The Bertz CT molecular complexity index is 1000. The minimum Gasteiger partial charge on any atom is -0.440 e. The molecule has 0 aliphatic heterocycles. The second-order valence-electron chi connectivity index (χ2n) is 7.47. The predicted molar refractivity (Wildman–Crippen MR) is 132 cm³/mol. The zero-order valence-corrected chi connectivity index (χ0v) is 19.0. The van der Waals surface area contributed by atoms with Crippen LogP contribution >= 0.6 is 0 Å². The minimum absolute atomic E-state index is 0.112. The van der Waals surface area contributed by atoms with E-state index >= 15 is 0 Å². The first-order valence-electron chi connectivity index (χ1n) is 10.8. The molecular weight excluding hydrogens is 432 g/mol. The highest BCUT2D eigenvalue weighted by Crippen LogP contribution is 2.15. The average Bonchev–Trinajstić information content (AvgIpc) is 2.85. The van der Waals surface area contributed by atoms with E-state index in [1.54, 1.807) is 24.3 Å². The predicted octanol–water partition coefficient (Wildman–Crippen LogP) is 2.44. The summed E-state index contributed by atoms with van der Waals surface area (Å²) in [6.45, 7) is 7.48. The lowest BCUT2D eigenvalue weighted by molar-refractivity contribution is -0.130. The number of aliphatic imine (C=N–C) groups is 1. The Kier molecular flexibility index (Phi) is 10.9. The molecule has 0 aromatic heterocycles. The summed E-state index contributed by atoms with van der Waals surface area (Å²) in [4.78, 5) is 39.8. The maximum Gasteiger partial charge on any atom is 0.242 e. The van der Waals surface area contributed by atoms with E-state index in [0.29, 0.717) is 24.9 Å². The molecule has 0 radical (unpaired) electrons. The van der Waals surface area contributed by atoms with Gasteiger partial charge in [0.1, 0.15) is 18.1 Å². The lowest BCUT2D eigenvalue weighted by Gasteiger charge is -2.20. The van der Waals surface area contributed by atoms with E-state index in [0.717, 1.165) is 11.1 Å². The molecule has 2 unspecified atom stereocenters. The first-order chi connectivity index (χ1) is 16.4. The second kappa shape index (κ2) is 14.2. The Morgan fingerprint density at radius 1 is 1.06 bits per heavy atom. The van der Waals surface area contributed by atoms with Crippen molar-refractivity contribution in [1.82, 2.24) is 10.6 Å². The third-order valence-electron chi connectivity index (χ3n) is 4.83. The van der Waals surface area contributed by atoms with E-state index in [1.807, 2.05) is 30.3 Å². The smallest absolute Gasteiger partial charge is 0.242 e. The molecular formula is C26H30N4O4. The molecule has 0 spiro atoms. The average molecular weight is 463 g/mol. The quantitative estimate of drug-likeness (QED) is 0.226. The van der Waals surface area contributed by atoms with Crippen molar-refractivity contribution < 1.29 is 19.1 Å². The van der Waals surface area contributed by atoms with Gasteiger partial charge in [0, 0.05) is 19.2 Å². The molecule has 2 aromatic rings. The maximum absolute atomic E-state index is 12.9. The van der Waals surface area contributed by atoms with E-state index < -0.39 is 18.0 Å². The Morgan fingerprint density at radius 3 is 2.41 bits per heavy atom. The highest BCUT2D eigenvalue weighted by molar-refractivity contribution is 5.90. The summed E-state index contributed by atoms with van der Waals surface area (Å²) in [5.74, 6) is -0.0969. The molecule has 2 amide bonds. The molecule has 2 atom stereocenters. The molecule has 34 heavy (non-hydrogen) atoms. The molecule has 0 aliphatic carbocycles. The number of ether oxygens (including phenoxy) is 1. The van der Waals surface area contributed by atoms with Crippen LogP contribution in [0.2, 0.25) is 0 Å². The number of amides is 2. The molecule has 2 rings (SSSR count). The van der Waals surface area contributed by atoms with Crippen molar-refractivity contribution in [2.75, 3.05) is 0 Å². The summed E-state index contributed by atoms with van der Waals surface area (Å²) >= 11 is 0. The van der Waals surface area contributed by atoms with Crippen molar-refractivity contribution in [2.24, 2.45) is 10.7 Å². The van der Waals surface area contributed by atoms with Crippen LogP contribution in [0.25, 0.3) is 0 Å². The van der Waals surface area contributed by atoms with Gasteiger partial charge in [-0.1, -0.05) is 55.1 Å². The van der Waals surface area contributed by atoms with Crippen molar-refractivity contribution in [1.29, 1.82) is 0 Å². The standard InChI is InChI=1S/C26H30N4O4/c1-3-16-28-19(2)34-22-12-9-21(10-13-22)18-29-26(33)24(30-25(32)23(27)15-17-31)14-11-20-7-5-4-6-8-20/h3-10,12-13,16-17,23-24H,1-2,11,14-15,18,27H2,(H,29,33)(H,30,32)/b28-16-. The fourth-order valence-corrected chi connectivity index (χ4v) is 3.00. The number of carbonyl (C=O) groups is 3. The lowest BCUT2D eigenvalue weighted by Crippen LogP contribution is -2.51. The van der Waals surface area contributed by atoms with Crippen LogP contribution in [0.5, 0.6) is 5.75 Å². The number of hydrogen-bond donors (Lipinski definition) is 3. The number of carbonyl (C=O) groups excluding carboxylic acids is 3. The summed E-state index contributed by atoms with van der Waals surface area (Å²) in [6, 6.07) is 14.9. The third-order valence-corrected chi connectivity index (χ3v) is 4.83. The monoisotopic (exact) mass is 462 g/mol. The van der Waals surface area contributed by atoms with Crippen molar-refractivity contribution in [2.45, 2.75) is 37.9 Å². The number of aldehydes is 1. The summed E-state index contributed by atoms with van der Waals surface area (Å²) in [7, 11) is 0. The Labute approximate surface area is 199 Å². The van der Waals surface area contributed by atoms with Gasteiger partial charge in [0.05, 0.1) is 6.04 Å². The zero-order valence-electron chi connectivity index (χ0n) is 19.0. The molecule has 0 saturated carbocycles. The molecule has 0 heterocycles. The van der Waals surface area contributed by atoms with Crippen LogP contribution in [-0.4, -0.2) is 36.4 Å². The molecule has 178 valence electrons. The van der Waals surface area contributed by atoms with Crippen molar-refractivity contribution >= 4 is 24.3 Å². The second-order valence-corrected chi connectivity index (χ2v) is 7.47. The number of aryl methyl sites for hydroxylation is 1. The SMILES string of the molecule is C=C/C=N\C(=C)Oc1ccc(CNC(=O)C(CCc2ccccc2)NC(=O)C(N)CC=O)cc1. The summed E-state index contributed by atoms with van der Waals surface area (Å²) < 4.78 is 5.48. The Hall–Kier alpha value is -4.04. The van der Waals surface area contributed by atoms with E-state index in [9.17, 15) is 14.4 Å². The summed E-state index contributed by atoms with van der Waals surface area (Å²) in [6.07, 6.45) is 4.44. The Balaban J connectivity index is 1.97. The number of nitrogens with zero attached hydrogens (tertiary/aromatic N) is 1. The molecule has 2 aromatic carbocycles. The zero-order chi connectivity index (χ0) is 24.8. The van der Waals surface area contributed by atoms with E-state index in [1.165, 1.54) is 12.3 Å². The van der Waals surface area contributed by atoms with E-state index in [2.05, 4.69) is 28.8 Å². The topological polar surface area (TPSA) is 123 Å². The molecule has 0 fully saturated rings. The van der Waals surface area contributed by atoms with Crippen LogP contribution in [0, 0.1) is 0 Å². The Morgan fingerprint density at radius 2 is 1.76 bits per heavy atom.